The molecule has 0 fully saturated rings. The number of ether oxygens (including phenoxy) is 1. The molecule has 1 atom stereocenters. The van der Waals surface area contributed by atoms with Crippen LogP contribution in [0.4, 0.5) is 0 Å². The van der Waals surface area contributed by atoms with Gasteiger partial charge in [-0.2, -0.15) is 0 Å². The number of furan rings is 1. The van der Waals surface area contributed by atoms with Crippen molar-refractivity contribution in [2.75, 3.05) is 0 Å². The number of aldehydes is 1. The van der Waals surface area contributed by atoms with E-state index in [4.69, 9.17) is 9.15 Å². The van der Waals surface area contributed by atoms with Gasteiger partial charge in [0.05, 0.1) is 6.26 Å². The lowest BCUT2D eigenvalue weighted by atomic mass is 10.4. The van der Waals surface area contributed by atoms with E-state index in [1.165, 1.54) is 0 Å². The van der Waals surface area contributed by atoms with Gasteiger partial charge in [-0.3, -0.25) is 0 Å². The molecule has 0 aliphatic rings. The summed E-state index contributed by atoms with van der Waals surface area (Å²) in [7, 11) is 0. The molecule has 0 saturated carbocycles. The zero-order valence-electron chi connectivity index (χ0n) is 6.32. The third kappa shape index (κ3) is 2.55. The van der Waals surface area contributed by atoms with Crippen LogP contribution in [0, 0.1) is 0 Å². The van der Waals surface area contributed by atoms with Crippen molar-refractivity contribution in [3.8, 4) is 0 Å². The van der Waals surface area contributed by atoms with E-state index >= 15 is 0 Å². The SMILES string of the molecule is CC(C=O)OCc1ccco1. The lowest BCUT2D eigenvalue weighted by molar-refractivity contribution is -0.118. The molecule has 0 bridgehead atoms. The molecule has 1 heterocycles. The van der Waals surface area contributed by atoms with Crippen molar-refractivity contribution in [2.45, 2.75) is 19.6 Å². The molecular weight excluding hydrogens is 144 g/mol. The maximum atomic E-state index is 10.1. The van der Waals surface area contributed by atoms with Crippen LogP contribution in [0.3, 0.4) is 0 Å². The van der Waals surface area contributed by atoms with Crippen molar-refractivity contribution in [1.82, 2.24) is 0 Å². The Kier molecular flexibility index (Phi) is 2.86. The molecule has 1 rings (SSSR count). The van der Waals surface area contributed by atoms with E-state index in [9.17, 15) is 4.79 Å². The van der Waals surface area contributed by atoms with Crippen LogP contribution in [-0.2, 0) is 16.1 Å². The van der Waals surface area contributed by atoms with Gasteiger partial charge >= 0.3 is 0 Å². The Balaban J connectivity index is 2.28. The second-order valence-corrected chi connectivity index (χ2v) is 2.23. The van der Waals surface area contributed by atoms with Crippen LogP contribution in [0.2, 0.25) is 0 Å². The van der Waals surface area contributed by atoms with Crippen LogP contribution in [0.1, 0.15) is 12.7 Å². The van der Waals surface area contributed by atoms with Gasteiger partial charge in [-0.15, -0.1) is 0 Å². The molecule has 1 aromatic heterocycles. The molecule has 0 aliphatic carbocycles. The highest BCUT2D eigenvalue weighted by molar-refractivity contribution is 5.55. The van der Waals surface area contributed by atoms with Gasteiger partial charge in [-0.05, 0) is 19.1 Å². The van der Waals surface area contributed by atoms with E-state index in [2.05, 4.69) is 0 Å². The van der Waals surface area contributed by atoms with Crippen LogP contribution in [0.5, 0.6) is 0 Å². The maximum absolute atomic E-state index is 10.1. The smallest absolute Gasteiger partial charge is 0.148 e. The van der Waals surface area contributed by atoms with Crippen LogP contribution in [0.15, 0.2) is 22.8 Å². The fraction of sp³-hybridized carbons (Fsp3) is 0.375. The largest absolute Gasteiger partial charge is 0.467 e. The van der Waals surface area contributed by atoms with Crippen LogP contribution in [0.25, 0.3) is 0 Å². The number of rotatable bonds is 4. The summed E-state index contributed by atoms with van der Waals surface area (Å²) in [4.78, 5) is 10.1. The quantitative estimate of drug-likeness (QED) is 0.615. The molecule has 0 aromatic carbocycles. The zero-order chi connectivity index (χ0) is 8.10. The molecule has 3 heteroatoms. The minimum absolute atomic E-state index is 0.354. The predicted molar refractivity (Wildman–Crippen MR) is 39.0 cm³/mol. The normalized spacial score (nSPS) is 12.8. The molecule has 0 spiro atoms. The Hall–Kier alpha value is -1.09. The molecule has 0 amide bonds. The zero-order valence-corrected chi connectivity index (χ0v) is 6.32. The number of hydrogen-bond acceptors (Lipinski definition) is 3. The topological polar surface area (TPSA) is 39.4 Å². The number of hydrogen-bond donors (Lipinski definition) is 0. The fourth-order valence-corrected chi connectivity index (χ4v) is 0.648. The Labute approximate surface area is 65.0 Å². The van der Waals surface area contributed by atoms with Gasteiger partial charge < -0.3 is 13.9 Å². The molecule has 60 valence electrons. The molecule has 1 aromatic rings. The van der Waals surface area contributed by atoms with Crippen molar-refractivity contribution < 1.29 is 13.9 Å². The fourth-order valence-electron chi connectivity index (χ4n) is 0.648. The Bertz CT molecular complexity index is 203. The molecular formula is C8H10O3. The van der Waals surface area contributed by atoms with E-state index < -0.39 is 0 Å². The summed E-state index contributed by atoms with van der Waals surface area (Å²) in [5, 5.41) is 0. The van der Waals surface area contributed by atoms with Crippen molar-refractivity contribution in [3.63, 3.8) is 0 Å². The van der Waals surface area contributed by atoms with Crippen molar-refractivity contribution in [1.29, 1.82) is 0 Å². The predicted octanol–water partition coefficient (Wildman–Crippen LogP) is 1.38. The number of carbonyl (C=O) groups excluding carboxylic acids is 1. The average molecular weight is 154 g/mol. The van der Waals surface area contributed by atoms with E-state index in [0.717, 1.165) is 12.0 Å². The van der Waals surface area contributed by atoms with E-state index in [0.29, 0.717) is 6.61 Å². The summed E-state index contributed by atoms with van der Waals surface area (Å²) < 4.78 is 10.1. The average Bonchev–Trinajstić information content (AvgIpc) is 2.52. The van der Waals surface area contributed by atoms with E-state index in [1.54, 1.807) is 25.3 Å². The Morgan fingerprint density at radius 2 is 2.64 bits per heavy atom. The summed E-state index contributed by atoms with van der Waals surface area (Å²) in [6, 6.07) is 3.59. The van der Waals surface area contributed by atoms with E-state index in [1.807, 2.05) is 0 Å². The van der Waals surface area contributed by atoms with Gasteiger partial charge in [-0.25, -0.2) is 0 Å². The third-order valence-corrected chi connectivity index (χ3v) is 1.26. The first-order chi connectivity index (χ1) is 5.33. The van der Waals surface area contributed by atoms with Gasteiger partial charge in [0.25, 0.3) is 0 Å². The first-order valence-corrected chi connectivity index (χ1v) is 3.42. The van der Waals surface area contributed by atoms with E-state index in [-0.39, 0.29) is 6.10 Å². The highest BCUT2D eigenvalue weighted by Crippen LogP contribution is 2.02. The molecule has 1 unspecified atom stereocenters. The summed E-state index contributed by atoms with van der Waals surface area (Å²) in [6.07, 6.45) is 1.97. The standard InChI is InChI=1S/C8H10O3/c1-7(5-9)11-6-8-3-2-4-10-8/h2-5,7H,6H2,1H3. The lowest BCUT2D eigenvalue weighted by Crippen LogP contribution is -2.08. The van der Waals surface area contributed by atoms with Crippen molar-refractivity contribution >= 4 is 6.29 Å². The molecule has 0 aliphatic heterocycles. The molecule has 0 radical (unpaired) electrons. The summed E-state index contributed by atoms with van der Waals surface area (Å²) in [5.41, 5.74) is 0. The molecule has 3 nitrogen and oxygen atoms in total. The monoisotopic (exact) mass is 154 g/mol. The summed E-state index contributed by atoms with van der Waals surface area (Å²) in [6.45, 7) is 2.04. The highest BCUT2D eigenvalue weighted by Gasteiger charge is 2.00. The maximum Gasteiger partial charge on any atom is 0.148 e. The van der Waals surface area contributed by atoms with Gasteiger partial charge in [-0.1, -0.05) is 0 Å². The third-order valence-electron chi connectivity index (χ3n) is 1.26. The molecule has 0 N–H and O–H groups in total. The number of carbonyl (C=O) groups is 1. The second-order valence-electron chi connectivity index (χ2n) is 2.23. The summed E-state index contributed by atoms with van der Waals surface area (Å²) >= 11 is 0. The Morgan fingerprint density at radius 1 is 1.82 bits per heavy atom. The van der Waals surface area contributed by atoms with Gasteiger partial charge in [0.1, 0.15) is 24.8 Å². The van der Waals surface area contributed by atoms with Crippen LogP contribution < -0.4 is 0 Å². The summed E-state index contributed by atoms with van der Waals surface area (Å²) in [5.74, 6) is 0.735. The first kappa shape index (κ1) is 8.01. The molecule has 0 saturated heterocycles. The minimum atomic E-state index is -0.361. The molecule has 11 heavy (non-hydrogen) atoms. The highest BCUT2D eigenvalue weighted by atomic mass is 16.5. The van der Waals surface area contributed by atoms with Crippen LogP contribution in [-0.4, -0.2) is 12.4 Å². The van der Waals surface area contributed by atoms with Gasteiger partial charge in [0.2, 0.25) is 0 Å². The van der Waals surface area contributed by atoms with Crippen LogP contribution >= 0.6 is 0 Å². The van der Waals surface area contributed by atoms with Crippen molar-refractivity contribution in [3.05, 3.63) is 24.2 Å². The lowest BCUT2D eigenvalue weighted by Gasteiger charge is -2.02. The first-order valence-electron chi connectivity index (χ1n) is 3.42. The van der Waals surface area contributed by atoms with Gasteiger partial charge in [0, 0.05) is 0 Å². The van der Waals surface area contributed by atoms with Gasteiger partial charge in [0.15, 0.2) is 0 Å². The minimum Gasteiger partial charge on any atom is -0.467 e. The second kappa shape index (κ2) is 3.93. The van der Waals surface area contributed by atoms with Crippen molar-refractivity contribution in [2.24, 2.45) is 0 Å². The Morgan fingerprint density at radius 3 is 3.18 bits per heavy atom.